The van der Waals surface area contributed by atoms with Crippen molar-refractivity contribution in [2.45, 2.75) is 106 Å². The molecule has 2 aromatic carbocycles. The standard InChI is InChI=1S/C43H56O21/c1-5-21-22(25(40(54)57-4)18-59-41(21)64-43-37(53)35(51)33(49)30(17-46)62-43)14-31(47)58-10-6-7-19-11-23-24(15-44)38(63-39(23)28(12-19)56-3)20-8-9-26(27(13-20)55-2)60-42-36(52)34(50)32(48)29(16-45)61-42/h5,8-9,11-13,18,22,24,29-30,32-38,41-46,48-53H,6-7,10,14-17H2,1-4H3/b21-5+/t22?,24-,29+,30+,32+,33+,34-,35-,36+,37+,38+,41-,42+,43-/m0/s1. The lowest BCUT2D eigenvalue weighted by atomic mass is 9.86. The van der Waals surface area contributed by atoms with Gasteiger partial charge in [0.25, 0.3) is 0 Å². The highest BCUT2D eigenvalue weighted by Gasteiger charge is 2.48. The van der Waals surface area contributed by atoms with Crippen molar-refractivity contribution >= 4 is 11.9 Å². The molecule has 0 bridgehead atoms. The number of aliphatic hydroxyl groups is 9. The predicted molar refractivity (Wildman–Crippen MR) is 215 cm³/mol. The van der Waals surface area contributed by atoms with Crippen LogP contribution in [-0.4, -0.2) is 173 Å². The second kappa shape index (κ2) is 21.6. The highest BCUT2D eigenvalue weighted by molar-refractivity contribution is 5.90. The van der Waals surface area contributed by atoms with Crippen molar-refractivity contribution in [3.05, 3.63) is 70.5 Å². The van der Waals surface area contributed by atoms with Crippen molar-refractivity contribution < 1.29 is 103 Å². The Morgan fingerprint density at radius 2 is 1.42 bits per heavy atom. The molecule has 4 aliphatic rings. The number of rotatable bonds is 17. The first-order valence-electron chi connectivity index (χ1n) is 20.6. The van der Waals surface area contributed by atoms with Crippen LogP contribution in [0.3, 0.4) is 0 Å². The van der Waals surface area contributed by atoms with Gasteiger partial charge in [-0.25, -0.2) is 4.79 Å². The number of fused-ring (bicyclic) bond motifs is 1. The third-order valence-electron chi connectivity index (χ3n) is 11.7. The number of carbonyl (C=O) groups is 2. The zero-order chi connectivity index (χ0) is 46.4. The molecule has 9 N–H and O–H groups in total. The van der Waals surface area contributed by atoms with Gasteiger partial charge in [0, 0.05) is 17.1 Å². The fourth-order valence-corrected chi connectivity index (χ4v) is 8.11. The average Bonchev–Trinajstić information content (AvgIpc) is 3.68. The third kappa shape index (κ3) is 10.1. The van der Waals surface area contributed by atoms with E-state index in [0.717, 1.165) is 18.9 Å². The SMILES string of the molecule is C/C=C1\C(CC(=O)OCCCc2cc(OC)c3c(c2)[C@H](CO)[C@@H](c2ccc(O[C@@H]4O[C@H](CO)[C@@H](O)[C@H](O)[C@H]4O)c(OC)c2)O3)C(C(=O)OC)=CO[C@H]1O[C@@H]1O[C@H](CO)[C@@H](O)[C@H](O)[C@H]1O. The minimum Gasteiger partial charge on any atom is -0.493 e. The number of carbonyl (C=O) groups excluding carboxylic acids is 2. The number of aryl methyl sites for hydroxylation is 1. The van der Waals surface area contributed by atoms with Gasteiger partial charge >= 0.3 is 11.9 Å². The summed E-state index contributed by atoms with van der Waals surface area (Å²) in [5.41, 5.74) is 2.31. The van der Waals surface area contributed by atoms with Gasteiger partial charge in [-0.2, -0.15) is 0 Å². The van der Waals surface area contributed by atoms with Gasteiger partial charge in [-0.3, -0.25) is 4.79 Å². The summed E-state index contributed by atoms with van der Waals surface area (Å²) >= 11 is 0. The van der Waals surface area contributed by atoms with Crippen molar-refractivity contribution in [3.63, 3.8) is 0 Å². The number of hydrogen-bond donors (Lipinski definition) is 9. The predicted octanol–water partition coefficient (Wildman–Crippen LogP) is -1.25. The number of allylic oxidation sites excluding steroid dienone is 1. The molecule has 64 heavy (non-hydrogen) atoms. The lowest BCUT2D eigenvalue weighted by Crippen LogP contribution is -2.60. The van der Waals surface area contributed by atoms with E-state index in [1.54, 1.807) is 31.2 Å². The second-order valence-electron chi connectivity index (χ2n) is 15.5. The Morgan fingerprint density at radius 3 is 2.03 bits per heavy atom. The maximum atomic E-state index is 13.3. The molecule has 0 aromatic heterocycles. The molecule has 0 radical (unpaired) electrons. The van der Waals surface area contributed by atoms with E-state index in [4.69, 9.17) is 47.4 Å². The monoisotopic (exact) mass is 908 g/mol. The van der Waals surface area contributed by atoms with Gasteiger partial charge in [0.1, 0.15) is 54.9 Å². The van der Waals surface area contributed by atoms with Gasteiger partial charge in [0.15, 0.2) is 29.3 Å². The van der Waals surface area contributed by atoms with E-state index in [1.165, 1.54) is 20.3 Å². The number of benzene rings is 2. The van der Waals surface area contributed by atoms with E-state index in [0.29, 0.717) is 35.5 Å². The smallest absolute Gasteiger partial charge is 0.337 e. The Labute approximate surface area is 367 Å². The molecule has 0 spiro atoms. The van der Waals surface area contributed by atoms with Crippen molar-refractivity contribution in [2.24, 2.45) is 5.92 Å². The first-order chi connectivity index (χ1) is 30.7. The first-order valence-corrected chi connectivity index (χ1v) is 20.6. The normalized spacial score (nSPS) is 33.0. The van der Waals surface area contributed by atoms with E-state index in [-0.39, 0.29) is 42.3 Å². The Morgan fingerprint density at radius 1 is 0.766 bits per heavy atom. The fraction of sp³-hybridized carbons (Fsp3) is 0.581. The lowest BCUT2D eigenvalue weighted by Gasteiger charge is -2.41. The van der Waals surface area contributed by atoms with Crippen LogP contribution >= 0.6 is 0 Å². The molecule has 0 amide bonds. The topological polar surface area (TPSA) is 309 Å². The van der Waals surface area contributed by atoms with Crippen LogP contribution in [0.15, 0.2) is 53.8 Å². The van der Waals surface area contributed by atoms with E-state index >= 15 is 0 Å². The van der Waals surface area contributed by atoms with Gasteiger partial charge in [-0.15, -0.1) is 0 Å². The van der Waals surface area contributed by atoms with Crippen LogP contribution in [-0.2, 0) is 44.4 Å². The lowest BCUT2D eigenvalue weighted by molar-refractivity contribution is -0.327. The molecule has 4 aliphatic heterocycles. The molecule has 354 valence electrons. The molecular weight excluding hydrogens is 852 g/mol. The van der Waals surface area contributed by atoms with Crippen LogP contribution in [0, 0.1) is 5.92 Å². The number of esters is 2. The maximum absolute atomic E-state index is 13.3. The molecule has 21 nitrogen and oxygen atoms in total. The highest BCUT2D eigenvalue weighted by Crippen LogP contribution is 2.52. The van der Waals surface area contributed by atoms with Crippen LogP contribution in [0.5, 0.6) is 23.0 Å². The maximum Gasteiger partial charge on any atom is 0.337 e. The Hall–Kier alpha value is -4.62. The van der Waals surface area contributed by atoms with Gasteiger partial charge in [-0.1, -0.05) is 18.2 Å². The van der Waals surface area contributed by atoms with Crippen LogP contribution in [0.25, 0.3) is 0 Å². The molecular formula is C43H56O21. The van der Waals surface area contributed by atoms with E-state index < -0.39 is 111 Å². The van der Waals surface area contributed by atoms with E-state index in [1.807, 2.05) is 6.07 Å². The number of hydrogen-bond acceptors (Lipinski definition) is 21. The molecule has 0 aliphatic carbocycles. The van der Waals surface area contributed by atoms with Gasteiger partial charge in [0.2, 0.25) is 12.6 Å². The van der Waals surface area contributed by atoms with Crippen molar-refractivity contribution in [3.8, 4) is 23.0 Å². The number of ether oxygens (including phenoxy) is 10. The van der Waals surface area contributed by atoms with Crippen LogP contribution < -0.4 is 18.9 Å². The third-order valence-corrected chi connectivity index (χ3v) is 11.7. The molecule has 2 aromatic rings. The van der Waals surface area contributed by atoms with Crippen molar-refractivity contribution in [2.75, 3.05) is 47.8 Å². The van der Waals surface area contributed by atoms with Crippen molar-refractivity contribution in [1.29, 1.82) is 0 Å². The summed E-state index contributed by atoms with van der Waals surface area (Å²) in [6.07, 6.45) is -14.3. The van der Waals surface area contributed by atoms with Gasteiger partial charge in [-0.05, 0) is 49.1 Å². The molecule has 0 saturated carbocycles. The summed E-state index contributed by atoms with van der Waals surface area (Å²) in [5, 5.41) is 91.5. The molecule has 2 fully saturated rings. The zero-order valence-corrected chi connectivity index (χ0v) is 35.5. The molecule has 21 heteroatoms. The van der Waals surface area contributed by atoms with Crippen molar-refractivity contribution in [1.82, 2.24) is 0 Å². The zero-order valence-electron chi connectivity index (χ0n) is 35.5. The van der Waals surface area contributed by atoms with Crippen LogP contribution in [0.2, 0.25) is 0 Å². The van der Waals surface area contributed by atoms with E-state index in [2.05, 4.69) is 0 Å². The average molecular weight is 909 g/mol. The van der Waals surface area contributed by atoms with Gasteiger partial charge < -0.3 is 93.3 Å². The molecule has 6 rings (SSSR count). The summed E-state index contributed by atoms with van der Waals surface area (Å²) in [4.78, 5) is 26.1. The van der Waals surface area contributed by atoms with Crippen LogP contribution in [0.4, 0.5) is 0 Å². The summed E-state index contributed by atoms with van der Waals surface area (Å²) in [6.45, 7) is -0.0383. The minimum atomic E-state index is -1.73. The Bertz CT molecular complexity index is 1980. The Kier molecular flexibility index (Phi) is 16.5. The van der Waals surface area contributed by atoms with Gasteiger partial charge in [0.05, 0.1) is 71.9 Å². The minimum absolute atomic E-state index is 0.0128. The largest absolute Gasteiger partial charge is 0.493 e. The summed E-state index contributed by atoms with van der Waals surface area (Å²) in [5.74, 6) is -1.83. The fourth-order valence-electron chi connectivity index (χ4n) is 8.11. The number of aliphatic hydroxyl groups excluding tert-OH is 9. The highest BCUT2D eigenvalue weighted by atomic mass is 16.8. The Balaban J connectivity index is 1.09. The second-order valence-corrected chi connectivity index (χ2v) is 15.5. The molecule has 1 unspecified atom stereocenters. The summed E-state index contributed by atoms with van der Waals surface area (Å²) in [6, 6.07) is 8.47. The molecule has 2 saturated heterocycles. The van der Waals surface area contributed by atoms with Crippen LogP contribution in [0.1, 0.15) is 48.5 Å². The molecule has 14 atom stereocenters. The summed E-state index contributed by atoms with van der Waals surface area (Å²) in [7, 11) is 4.03. The number of methoxy groups -OCH3 is 3. The van der Waals surface area contributed by atoms with E-state index in [9.17, 15) is 55.5 Å². The quantitative estimate of drug-likeness (QED) is 0.0509. The molecule has 4 heterocycles. The summed E-state index contributed by atoms with van der Waals surface area (Å²) < 4.78 is 56.3. The first kappa shape index (κ1) is 48.8.